The normalized spacial score (nSPS) is 2.00. The van der Waals surface area contributed by atoms with Gasteiger partial charge in [-0.25, -0.2) is 0 Å². The second-order valence-corrected chi connectivity index (χ2v) is 0.433. The molecule has 0 atom stereocenters. The summed E-state index contributed by atoms with van der Waals surface area (Å²) in [5.74, 6) is 0. The summed E-state index contributed by atoms with van der Waals surface area (Å²) in [6.07, 6.45) is 0. The summed E-state index contributed by atoms with van der Waals surface area (Å²) in [4.78, 5) is 0. The van der Waals surface area contributed by atoms with Crippen LogP contribution in [0.3, 0.4) is 0 Å². The van der Waals surface area contributed by atoms with Gasteiger partial charge in [-0.15, -0.1) is 0 Å². The van der Waals surface area contributed by atoms with Crippen LogP contribution in [-0.4, -0.2) is 41.1 Å². The second-order valence-electron chi connectivity index (χ2n) is 0.0833. The Hall–Kier alpha value is 1.01. The summed E-state index contributed by atoms with van der Waals surface area (Å²) in [6, 6.07) is 0. The molecule has 0 saturated carbocycles. The van der Waals surface area contributed by atoms with E-state index in [0.717, 1.165) is 0 Å². The van der Waals surface area contributed by atoms with E-state index in [2.05, 4.69) is 0 Å². The molecule has 0 aromatic heterocycles. The van der Waals surface area contributed by atoms with Crippen LogP contribution in [0.2, 0.25) is 0 Å². The van der Waals surface area contributed by atoms with E-state index < -0.39 is 15.3 Å². The van der Waals surface area contributed by atoms with Crippen molar-refractivity contribution in [3.63, 3.8) is 0 Å². The third-order valence-corrected chi connectivity index (χ3v) is 0. The minimum atomic E-state index is -2.00. The summed E-state index contributed by atoms with van der Waals surface area (Å²) in [7, 11) is 0. The van der Waals surface area contributed by atoms with Gasteiger partial charge in [0.05, 0.1) is 0 Å². The van der Waals surface area contributed by atoms with Crippen molar-refractivity contribution in [3.8, 4) is 0 Å². The molecule has 0 spiro atoms. The average Bonchev–Trinajstić information content (AvgIpc) is 0.918. The fraction of sp³-hybridized carbons (Fsp3) is 0. The van der Waals surface area contributed by atoms with E-state index in [1.807, 2.05) is 0 Å². The molecule has 0 aromatic carbocycles. The van der Waals surface area contributed by atoms with Crippen molar-refractivity contribution >= 4 is 41.1 Å². The fourth-order valence-electron chi connectivity index (χ4n) is 0. The predicted octanol–water partition coefficient (Wildman–Crippen LogP) is -1.80. The zero-order chi connectivity index (χ0) is 2.71. The molecular weight excluding hydrogens is 219 g/mol. The Balaban J connectivity index is 0. The van der Waals surface area contributed by atoms with Gasteiger partial charge in [0.25, 0.3) is 0 Å². The molecule has 22 valence electrons. The van der Waals surface area contributed by atoms with Gasteiger partial charge in [-0.05, 0) is 0 Å². The van der Waals surface area contributed by atoms with Gasteiger partial charge in [0.1, 0.15) is 0 Å². The van der Waals surface area contributed by atoms with Crippen LogP contribution in [0, 0.1) is 0 Å². The SMILES string of the molecule is [InH3].[O]=[Ge]=[O]. The molecule has 0 aliphatic heterocycles. The van der Waals surface area contributed by atoms with Crippen molar-refractivity contribution in [2.75, 3.05) is 0 Å². The van der Waals surface area contributed by atoms with Gasteiger partial charge in [-0.1, -0.05) is 0 Å². The van der Waals surface area contributed by atoms with Crippen molar-refractivity contribution in [1.29, 1.82) is 0 Å². The molecule has 0 aliphatic rings. The molecule has 0 aromatic rings. The molecule has 0 aliphatic carbocycles. The molecule has 4 heavy (non-hydrogen) atoms. The first-order chi connectivity index (χ1) is 1.41. The van der Waals surface area contributed by atoms with Crippen molar-refractivity contribution in [2.45, 2.75) is 0 Å². The molecule has 0 saturated heterocycles. The molecule has 0 amide bonds. The van der Waals surface area contributed by atoms with Crippen LogP contribution in [0.15, 0.2) is 0 Å². The summed E-state index contributed by atoms with van der Waals surface area (Å²) in [5, 5.41) is 0. The van der Waals surface area contributed by atoms with Crippen molar-refractivity contribution in [2.24, 2.45) is 0 Å². The maximum atomic E-state index is 8.50. The molecule has 0 N–H and O–H groups in total. The van der Waals surface area contributed by atoms with Gasteiger partial charge in [0, 0.05) is 0 Å². The van der Waals surface area contributed by atoms with Crippen molar-refractivity contribution in [3.05, 3.63) is 0 Å². The standard InChI is InChI=1S/GeO2.In.3H/c2-1-3;;;;. The Bertz CT molecular complexity index is 27.0. The molecule has 0 unspecified atom stereocenters. The average molecular weight is 222 g/mol. The summed E-state index contributed by atoms with van der Waals surface area (Å²) in [6.45, 7) is 0. The van der Waals surface area contributed by atoms with Crippen LogP contribution in [0.25, 0.3) is 0 Å². The fourth-order valence-corrected chi connectivity index (χ4v) is 0. The van der Waals surface area contributed by atoms with Crippen molar-refractivity contribution < 1.29 is 7.56 Å². The van der Waals surface area contributed by atoms with E-state index in [1.165, 1.54) is 0 Å². The first-order valence-electron chi connectivity index (χ1n) is 0.408. The van der Waals surface area contributed by atoms with Gasteiger partial charge in [-0.2, -0.15) is 0 Å². The third-order valence-electron chi connectivity index (χ3n) is 0. The predicted molar refractivity (Wildman–Crippen MR) is 17.1 cm³/mol. The Kier molecular flexibility index (Phi) is 20.0. The number of hydrogen-bond acceptors (Lipinski definition) is 2. The van der Waals surface area contributed by atoms with Crippen LogP contribution in [0.1, 0.15) is 0 Å². The van der Waals surface area contributed by atoms with Gasteiger partial charge < -0.3 is 0 Å². The van der Waals surface area contributed by atoms with Crippen LogP contribution in [0.5, 0.6) is 0 Å². The van der Waals surface area contributed by atoms with Gasteiger partial charge in [-0.3, -0.25) is 0 Å². The van der Waals surface area contributed by atoms with Gasteiger partial charge in [0.15, 0.2) is 0 Å². The second kappa shape index (κ2) is 8.99. The van der Waals surface area contributed by atoms with E-state index >= 15 is 0 Å². The molecule has 0 radical (unpaired) electrons. The van der Waals surface area contributed by atoms with Crippen molar-refractivity contribution in [1.82, 2.24) is 0 Å². The summed E-state index contributed by atoms with van der Waals surface area (Å²) < 4.78 is 17.0. The third kappa shape index (κ3) is 11.9. The zero-order valence-electron chi connectivity index (χ0n) is 1.32. The molecule has 0 bridgehead atoms. The number of rotatable bonds is 0. The molecule has 4 heteroatoms. The number of hydrogen-bond donors (Lipinski definition) is 0. The Morgan fingerprint density at radius 1 is 1.25 bits per heavy atom. The van der Waals surface area contributed by atoms with Gasteiger partial charge >= 0.3 is 48.7 Å². The molecule has 0 heterocycles. The van der Waals surface area contributed by atoms with E-state index in [0.29, 0.717) is 0 Å². The Labute approximate surface area is 48.6 Å². The van der Waals surface area contributed by atoms with E-state index in [4.69, 9.17) is 7.56 Å². The molecule has 0 rings (SSSR count). The molecular formula is H3GeInO2. The minimum absolute atomic E-state index is 0. The quantitative estimate of drug-likeness (QED) is 0.453. The monoisotopic (exact) mass is 224 g/mol. The molecule has 2 nitrogen and oxygen atoms in total. The van der Waals surface area contributed by atoms with E-state index in [-0.39, 0.29) is 25.8 Å². The van der Waals surface area contributed by atoms with Crippen LogP contribution in [0.4, 0.5) is 0 Å². The zero-order valence-corrected chi connectivity index (χ0v) is 3.41. The maximum absolute atomic E-state index is 8.50. The Morgan fingerprint density at radius 3 is 1.25 bits per heavy atom. The Morgan fingerprint density at radius 2 is 1.25 bits per heavy atom. The van der Waals surface area contributed by atoms with E-state index in [9.17, 15) is 0 Å². The van der Waals surface area contributed by atoms with Crippen LogP contribution < -0.4 is 0 Å². The summed E-state index contributed by atoms with van der Waals surface area (Å²) >= 11 is -2.00. The van der Waals surface area contributed by atoms with Gasteiger partial charge in [0.2, 0.25) is 0 Å². The summed E-state index contributed by atoms with van der Waals surface area (Å²) in [5.41, 5.74) is 0. The van der Waals surface area contributed by atoms with Crippen LogP contribution in [-0.2, 0) is 7.56 Å². The van der Waals surface area contributed by atoms with E-state index in [1.54, 1.807) is 0 Å². The molecule has 0 fully saturated rings. The van der Waals surface area contributed by atoms with Crippen LogP contribution >= 0.6 is 0 Å². The first-order valence-corrected chi connectivity index (χ1v) is 2.12. The first kappa shape index (κ1) is 8.89. The topological polar surface area (TPSA) is 34.1 Å².